The van der Waals surface area contributed by atoms with E-state index in [-0.39, 0.29) is 43.2 Å². The Morgan fingerprint density at radius 2 is 1.10 bits per heavy atom. The quantitative estimate of drug-likeness (QED) is 0.0493. The number of amides is 5. The van der Waals surface area contributed by atoms with Crippen LogP contribution in [0.3, 0.4) is 0 Å². The molecule has 0 radical (unpaired) electrons. The molecule has 0 fully saturated rings. The number of alkyl carbamates (subject to hydrolysis) is 1. The van der Waals surface area contributed by atoms with Crippen LogP contribution < -0.4 is 21.3 Å². The zero-order chi connectivity index (χ0) is 49.2. The number of nitrogens with zero attached hydrogens (tertiary/aromatic N) is 2. The molecule has 15 nitrogen and oxygen atoms in total. The standard InChI is InChI=1S/C51H69FN6O9/c1-49(2,3)65-45(60)54-26-18-30-58(48(63)67-51(7,8)9)28-16-15-27-57(47(62)66-50(4,5)6)29-17-25-53-43-33-42(40(32-41(43)52)44(59)55-34-36-19-11-10-12-20-36)56-46(61)64-35-37-23-24-38-21-13-14-22-39(38)31-37/h10-14,19-24,31-33,53H,15-18,25-30,34-35H2,1-9H3,(H,54,60)(H,55,59)(H,56,61). The second-order valence-corrected chi connectivity index (χ2v) is 19.1. The number of fused-ring (bicyclic) bond motifs is 1. The Hall–Kier alpha value is -6.58. The predicted octanol–water partition coefficient (Wildman–Crippen LogP) is 10.6. The van der Waals surface area contributed by atoms with Gasteiger partial charge in [-0.25, -0.2) is 23.6 Å². The third-order valence-corrected chi connectivity index (χ3v) is 9.67. The molecule has 4 aromatic carbocycles. The van der Waals surface area contributed by atoms with E-state index in [4.69, 9.17) is 18.9 Å². The van der Waals surface area contributed by atoms with Crippen LogP contribution >= 0.6 is 0 Å². The lowest BCUT2D eigenvalue weighted by Crippen LogP contribution is -2.40. The second kappa shape index (κ2) is 24.8. The van der Waals surface area contributed by atoms with Crippen LogP contribution in [0.1, 0.15) is 109 Å². The number of carbonyl (C=O) groups is 5. The topological polar surface area (TPSA) is 177 Å². The Kier molecular flexibility index (Phi) is 19.6. The summed E-state index contributed by atoms with van der Waals surface area (Å²) in [4.78, 5) is 68.4. The minimum Gasteiger partial charge on any atom is -0.444 e. The molecular weight excluding hydrogens is 860 g/mol. The number of unbranched alkanes of at least 4 members (excludes halogenated alkanes) is 1. The summed E-state index contributed by atoms with van der Waals surface area (Å²) in [6, 6.07) is 25.2. The molecule has 0 aliphatic heterocycles. The molecule has 0 aromatic heterocycles. The Morgan fingerprint density at radius 1 is 0.552 bits per heavy atom. The van der Waals surface area contributed by atoms with Crippen molar-refractivity contribution in [1.29, 1.82) is 0 Å². The van der Waals surface area contributed by atoms with E-state index in [1.165, 1.54) is 6.07 Å². The summed E-state index contributed by atoms with van der Waals surface area (Å²) >= 11 is 0. The lowest BCUT2D eigenvalue weighted by Gasteiger charge is -2.29. The van der Waals surface area contributed by atoms with Gasteiger partial charge in [-0.1, -0.05) is 66.7 Å². The summed E-state index contributed by atoms with van der Waals surface area (Å²) in [5.41, 5.74) is -0.538. The number of nitrogens with one attached hydrogen (secondary N) is 4. The molecule has 0 aliphatic carbocycles. The number of hydrogen-bond donors (Lipinski definition) is 4. The first-order valence-electron chi connectivity index (χ1n) is 22.8. The van der Waals surface area contributed by atoms with Gasteiger partial charge in [0, 0.05) is 45.8 Å². The molecule has 4 N–H and O–H groups in total. The van der Waals surface area contributed by atoms with E-state index in [2.05, 4.69) is 21.3 Å². The number of benzene rings is 4. The normalized spacial score (nSPS) is 11.6. The fourth-order valence-electron chi connectivity index (χ4n) is 6.61. The third kappa shape index (κ3) is 19.8. The van der Waals surface area contributed by atoms with E-state index >= 15 is 4.39 Å². The van der Waals surface area contributed by atoms with Crippen molar-refractivity contribution < 1.29 is 47.3 Å². The van der Waals surface area contributed by atoms with Crippen LogP contribution in [-0.4, -0.2) is 96.2 Å². The maximum atomic E-state index is 15.8. The van der Waals surface area contributed by atoms with Crippen molar-refractivity contribution >= 4 is 52.4 Å². The summed E-state index contributed by atoms with van der Waals surface area (Å²) in [6.07, 6.45) is -0.468. The first kappa shape index (κ1) is 53.0. The van der Waals surface area contributed by atoms with Gasteiger partial charge in [-0.15, -0.1) is 0 Å². The van der Waals surface area contributed by atoms with Crippen LogP contribution in [0.4, 0.5) is 34.9 Å². The smallest absolute Gasteiger partial charge is 0.411 e. The lowest BCUT2D eigenvalue weighted by molar-refractivity contribution is 0.0208. The van der Waals surface area contributed by atoms with E-state index in [1.54, 1.807) is 72.1 Å². The van der Waals surface area contributed by atoms with Gasteiger partial charge in [0.25, 0.3) is 5.91 Å². The Bertz CT molecular complexity index is 2270. The first-order valence-corrected chi connectivity index (χ1v) is 22.8. The Labute approximate surface area is 394 Å². The van der Waals surface area contributed by atoms with E-state index in [9.17, 15) is 24.0 Å². The maximum Gasteiger partial charge on any atom is 0.411 e. The number of anilines is 2. The van der Waals surface area contributed by atoms with Crippen LogP contribution in [0.15, 0.2) is 84.9 Å². The van der Waals surface area contributed by atoms with Gasteiger partial charge in [0.2, 0.25) is 0 Å². The van der Waals surface area contributed by atoms with Crippen LogP contribution in [0.2, 0.25) is 0 Å². The van der Waals surface area contributed by atoms with E-state index < -0.39 is 52.9 Å². The molecule has 0 saturated carbocycles. The van der Waals surface area contributed by atoms with Crippen molar-refractivity contribution in [3.8, 4) is 0 Å². The zero-order valence-electron chi connectivity index (χ0n) is 40.5. The largest absolute Gasteiger partial charge is 0.444 e. The molecule has 0 spiro atoms. The fourth-order valence-corrected chi connectivity index (χ4v) is 6.61. The predicted molar refractivity (Wildman–Crippen MR) is 259 cm³/mol. The van der Waals surface area contributed by atoms with Crippen molar-refractivity contribution in [2.45, 2.75) is 118 Å². The number of halogens is 1. The molecule has 0 saturated heterocycles. The third-order valence-electron chi connectivity index (χ3n) is 9.67. The number of hydrogen-bond acceptors (Lipinski definition) is 10. The SMILES string of the molecule is CC(C)(C)OC(=O)NCCCN(CCCCN(CCCNc1cc(NC(=O)OCc2ccc3ccccc3c2)c(C(=O)NCc2ccccc2)cc1F)C(=O)OC(C)(C)C)C(=O)OC(C)(C)C. The highest BCUT2D eigenvalue weighted by Crippen LogP contribution is 2.26. The maximum absolute atomic E-state index is 15.8. The number of rotatable bonds is 20. The summed E-state index contributed by atoms with van der Waals surface area (Å²) < 4.78 is 38.0. The van der Waals surface area contributed by atoms with Crippen molar-refractivity contribution in [3.63, 3.8) is 0 Å². The van der Waals surface area contributed by atoms with E-state index in [1.807, 2.05) is 72.8 Å². The van der Waals surface area contributed by atoms with Gasteiger partial charge in [0.05, 0.1) is 16.9 Å². The van der Waals surface area contributed by atoms with Gasteiger partial charge >= 0.3 is 24.4 Å². The number of carbonyl (C=O) groups excluding carboxylic acids is 5. The van der Waals surface area contributed by atoms with Crippen molar-refractivity contribution in [1.82, 2.24) is 20.4 Å². The van der Waals surface area contributed by atoms with Gasteiger partial charge in [-0.2, -0.15) is 0 Å². The van der Waals surface area contributed by atoms with E-state index in [0.29, 0.717) is 51.9 Å². The molecule has 4 rings (SSSR count). The summed E-state index contributed by atoms with van der Waals surface area (Å²) in [6.45, 7) is 17.9. The molecular formula is C51H69FN6O9. The van der Waals surface area contributed by atoms with Gasteiger partial charge in [0.15, 0.2) is 0 Å². The molecule has 67 heavy (non-hydrogen) atoms. The molecule has 364 valence electrons. The Morgan fingerprint density at radius 3 is 1.70 bits per heavy atom. The number of ether oxygens (including phenoxy) is 4. The monoisotopic (exact) mass is 929 g/mol. The van der Waals surface area contributed by atoms with Crippen LogP contribution in [0, 0.1) is 5.82 Å². The highest BCUT2D eigenvalue weighted by atomic mass is 19.1. The van der Waals surface area contributed by atoms with Crippen molar-refractivity contribution in [2.24, 2.45) is 0 Å². The lowest BCUT2D eigenvalue weighted by atomic mass is 10.1. The highest BCUT2D eigenvalue weighted by Gasteiger charge is 2.25. The van der Waals surface area contributed by atoms with Crippen molar-refractivity contribution in [2.75, 3.05) is 49.9 Å². The van der Waals surface area contributed by atoms with Gasteiger partial charge < -0.3 is 44.7 Å². The van der Waals surface area contributed by atoms with Crippen molar-refractivity contribution in [3.05, 3.63) is 107 Å². The minimum atomic E-state index is -0.833. The summed E-state index contributed by atoms with van der Waals surface area (Å²) in [5, 5.41) is 13.2. The highest BCUT2D eigenvalue weighted by molar-refractivity contribution is 6.03. The zero-order valence-corrected chi connectivity index (χ0v) is 40.5. The second-order valence-electron chi connectivity index (χ2n) is 19.1. The van der Waals surface area contributed by atoms with Gasteiger partial charge in [0.1, 0.15) is 29.2 Å². The van der Waals surface area contributed by atoms with E-state index in [0.717, 1.165) is 28.0 Å². The summed E-state index contributed by atoms with van der Waals surface area (Å²) in [7, 11) is 0. The molecule has 5 amide bonds. The average Bonchev–Trinajstić information content (AvgIpc) is 3.24. The van der Waals surface area contributed by atoms with Crippen LogP contribution in [0.5, 0.6) is 0 Å². The van der Waals surface area contributed by atoms with Gasteiger partial charge in [-0.05, 0) is 128 Å². The molecule has 0 aliphatic rings. The molecule has 0 heterocycles. The van der Waals surface area contributed by atoms with Gasteiger partial charge in [-0.3, -0.25) is 10.1 Å². The Balaban J connectivity index is 1.39. The minimum absolute atomic E-state index is 0.0248. The summed E-state index contributed by atoms with van der Waals surface area (Å²) in [5.74, 6) is -1.32. The first-order chi connectivity index (χ1) is 31.5. The fraction of sp³-hybridized carbons (Fsp3) is 0.471. The average molecular weight is 929 g/mol. The molecule has 4 aromatic rings. The van der Waals surface area contributed by atoms with Crippen LogP contribution in [-0.2, 0) is 32.1 Å². The molecule has 0 bridgehead atoms. The molecule has 16 heteroatoms. The van der Waals surface area contributed by atoms with Crippen LogP contribution in [0.25, 0.3) is 10.8 Å². The molecule has 0 atom stereocenters. The molecule has 0 unspecified atom stereocenters.